The maximum atomic E-state index is 13.0. The van der Waals surface area contributed by atoms with Crippen LogP contribution in [0.4, 0.5) is 4.79 Å². The minimum atomic E-state index is -0.419. The standard InChI is InChI=1S/C21H26ClN3O2/c1-20(15-2-4-16(22)5-3-15)11-25(19(27)24-20)17-13-6-12-7-14(17)10-21(8-12,9-13)18(23)26/h2-5,12-14,17H,6-11H2,1H3,(H2,23,26)(H,24,27). The second-order valence-electron chi connectivity index (χ2n) is 9.50. The van der Waals surface area contributed by atoms with Gasteiger partial charge in [-0.05, 0) is 74.5 Å². The van der Waals surface area contributed by atoms with Crippen LogP contribution in [0.5, 0.6) is 0 Å². The first-order valence-corrected chi connectivity index (χ1v) is 10.3. The van der Waals surface area contributed by atoms with Gasteiger partial charge >= 0.3 is 6.03 Å². The molecular weight excluding hydrogens is 362 g/mol. The summed E-state index contributed by atoms with van der Waals surface area (Å²) in [5.41, 5.74) is 6.14. The normalized spacial score (nSPS) is 42.4. The Morgan fingerprint density at radius 2 is 1.81 bits per heavy atom. The van der Waals surface area contributed by atoms with Gasteiger partial charge in [-0.3, -0.25) is 4.79 Å². The van der Waals surface area contributed by atoms with Crippen molar-refractivity contribution < 1.29 is 9.59 Å². The van der Waals surface area contributed by atoms with Gasteiger partial charge in [0.2, 0.25) is 5.91 Å². The molecule has 1 saturated heterocycles. The summed E-state index contributed by atoms with van der Waals surface area (Å²) in [5, 5.41) is 3.91. The van der Waals surface area contributed by atoms with Crippen LogP contribution in [0.2, 0.25) is 5.02 Å². The molecule has 4 bridgehead atoms. The van der Waals surface area contributed by atoms with Crippen molar-refractivity contribution in [1.82, 2.24) is 10.2 Å². The van der Waals surface area contributed by atoms with E-state index in [1.54, 1.807) is 0 Å². The highest BCUT2D eigenvalue weighted by Crippen LogP contribution is 2.61. The number of primary amides is 1. The minimum absolute atomic E-state index is 0.0121. The lowest BCUT2D eigenvalue weighted by molar-refractivity contribution is -0.150. The number of urea groups is 1. The van der Waals surface area contributed by atoms with E-state index in [1.807, 2.05) is 24.3 Å². The lowest BCUT2D eigenvalue weighted by atomic mass is 9.47. The molecule has 6 rings (SSSR count). The Morgan fingerprint density at radius 3 is 2.41 bits per heavy atom. The number of hydrogen-bond donors (Lipinski definition) is 2. The van der Waals surface area contributed by atoms with Gasteiger partial charge in [-0.15, -0.1) is 0 Å². The van der Waals surface area contributed by atoms with Crippen molar-refractivity contribution in [3.05, 3.63) is 34.9 Å². The van der Waals surface area contributed by atoms with Crippen LogP contribution in [0.3, 0.4) is 0 Å². The van der Waals surface area contributed by atoms with E-state index in [1.165, 1.54) is 0 Å². The third kappa shape index (κ3) is 2.50. The largest absolute Gasteiger partial charge is 0.369 e. The molecule has 5 aliphatic rings. The number of amides is 3. The van der Waals surface area contributed by atoms with Crippen LogP contribution in [0.15, 0.2) is 24.3 Å². The molecule has 144 valence electrons. The molecule has 27 heavy (non-hydrogen) atoms. The third-order valence-electron chi connectivity index (χ3n) is 7.72. The molecule has 1 aromatic rings. The highest BCUT2D eigenvalue weighted by molar-refractivity contribution is 6.30. The SMILES string of the molecule is CC1(c2ccc(Cl)cc2)CN(C2C3CC4CC2CC(C(N)=O)(C4)C3)C(=O)N1. The number of nitrogens with one attached hydrogen (secondary N) is 1. The highest BCUT2D eigenvalue weighted by atomic mass is 35.5. The van der Waals surface area contributed by atoms with Crippen molar-refractivity contribution in [3.63, 3.8) is 0 Å². The molecule has 1 heterocycles. The third-order valence-corrected chi connectivity index (χ3v) is 7.97. The van der Waals surface area contributed by atoms with Crippen LogP contribution < -0.4 is 11.1 Å². The molecule has 4 saturated carbocycles. The molecule has 5 nitrogen and oxygen atoms in total. The van der Waals surface area contributed by atoms with E-state index in [9.17, 15) is 9.59 Å². The lowest BCUT2D eigenvalue weighted by Gasteiger charge is -2.60. The van der Waals surface area contributed by atoms with Crippen molar-refractivity contribution in [2.24, 2.45) is 28.9 Å². The number of hydrogen-bond acceptors (Lipinski definition) is 2. The zero-order valence-corrected chi connectivity index (χ0v) is 16.3. The molecule has 3 unspecified atom stereocenters. The highest BCUT2D eigenvalue weighted by Gasteiger charge is 2.60. The van der Waals surface area contributed by atoms with Crippen LogP contribution in [0.1, 0.15) is 44.6 Å². The van der Waals surface area contributed by atoms with Gasteiger partial charge in [0.15, 0.2) is 0 Å². The molecule has 3 N–H and O–H groups in total. The van der Waals surface area contributed by atoms with Gasteiger partial charge in [0.05, 0.1) is 5.54 Å². The molecule has 1 aliphatic heterocycles. The fourth-order valence-corrected chi connectivity index (χ4v) is 6.92. The number of benzene rings is 1. The Bertz CT molecular complexity index is 794. The Morgan fingerprint density at radius 1 is 1.19 bits per heavy atom. The fraction of sp³-hybridized carbons (Fsp3) is 0.619. The van der Waals surface area contributed by atoms with Crippen molar-refractivity contribution in [1.29, 1.82) is 0 Å². The maximum Gasteiger partial charge on any atom is 0.318 e. The summed E-state index contributed by atoms with van der Waals surface area (Å²) in [6.07, 6.45) is 4.90. The molecule has 0 spiro atoms. The Hall–Kier alpha value is -1.75. The molecule has 3 atom stereocenters. The lowest BCUT2D eigenvalue weighted by Crippen LogP contribution is -2.62. The molecule has 0 aromatic heterocycles. The second-order valence-corrected chi connectivity index (χ2v) is 9.94. The first kappa shape index (κ1) is 17.4. The summed E-state index contributed by atoms with van der Waals surface area (Å²) < 4.78 is 0. The van der Waals surface area contributed by atoms with Crippen LogP contribution >= 0.6 is 11.6 Å². The van der Waals surface area contributed by atoms with Crippen molar-refractivity contribution in [3.8, 4) is 0 Å². The average molecular weight is 388 g/mol. The predicted octanol–water partition coefficient (Wildman–Crippen LogP) is 3.26. The number of nitrogens with zero attached hydrogens (tertiary/aromatic N) is 1. The zero-order chi connectivity index (χ0) is 19.0. The summed E-state index contributed by atoms with van der Waals surface area (Å²) >= 11 is 6.03. The van der Waals surface area contributed by atoms with E-state index in [4.69, 9.17) is 17.3 Å². The van der Waals surface area contributed by atoms with Gasteiger partial charge in [0.25, 0.3) is 0 Å². The van der Waals surface area contributed by atoms with Crippen LogP contribution in [-0.2, 0) is 10.3 Å². The first-order valence-electron chi connectivity index (χ1n) is 9.94. The summed E-state index contributed by atoms with van der Waals surface area (Å²) in [7, 11) is 0. The van der Waals surface area contributed by atoms with Crippen LogP contribution in [0, 0.1) is 23.2 Å². The topological polar surface area (TPSA) is 75.4 Å². The van der Waals surface area contributed by atoms with Gasteiger partial charge in [-0.2, -0.15) is 0 Å². The Labute approximate surface area is 164 Å². The fourth-order valence-electron chi connectivity index (χ4n) is 6.79. The zero-order valence-electron chi connectivity index (χ0n) is 15.6. The Balaban J connectivity index is 1.42. The summed E-state index contributed by atoms with van der Waals surface area (Å²) in [5.74, 6) is 1.25. The van der Waals surface area contributed by atoms with Gasteiger partial charge < -0.3 is 16.0 Å². The number of nitrogens with two attached hydrogens (primary N) is 1. The second kappa shape index (κ2) is 5.63. The van der Waals surface area contributed by atoms with E-state index in [0.29, 0.717) is 29.3 Å². The van der Waals surface area contributed by atoms with Gasteiger partial charge in [-0.1, -0.05) is 23.7 Å². The van der Waals surface area contributed by atoms with Gasteiger partial charge in [-0.25, -0.2) is 4.79 Å². The Kier molecular flexibility index (Phi) is 3.62. The molecular formula is C21H26ClN3O2. The summed E-state index contributed by atoms with van der Waals surface area (Å²) in [6.45, 7) is 2.73. The van der Waals surface area contributed by atoms with Crippen molar-refractivity contribution in [2.45, 2.75) is 50.6 Å². The van der Waals surface area contributed by atoms with E-state index < -0.39 is 5.54 Å². The molecule has 3 amide bonds. The monoisotopic (exact) mass is 387 g/mol. The smallest absolute Gasteiger partial charge is 0.318 e. The molecule has 0 radical (unpaired) electrons. The number of carbonyl (C=O) groups is 2. The van der Waals surface area contributed by atoms with Crippen LogP contribution in [-0.4, -0.2) is 29.4 Å². The number of halogens is 1. The number of rotatable bonds is 3. The van der Waals surface area contributed by atoms with E-state index in [2.05, 4.69) is 17.1 Å². The van der Waals surface area contributed by atoms with E-state index in [0.717, 1.165) is 37.7 Å². The summed E-state index contributed by atoms with van der Waals surface area (Å²) in [6, 6.07) is 7.96. The molecule has 6 heteroatoms. The summed E-state index contributed by atoms with van der Waals surface area (Å²) in [4.78, 5) is 27.2. The number of carbonyl (C=O) groups excluding carboxylic acids is 2. The van der Waals surface area contributed by atoms with E-state index >= 15 is 0 Å². The van der Waals surface area contributed by atoms with E-state index in [-0.39, 0.29) is 23.4 Å². The predicted molar refractivity (Wildman–Crippen MR) is 103 cm³/mol. The average Bonchev–Trinajstić information content (AvgIpc) is 2.90. The van der Waals surface area contributed by atoms with Gasteiger partial charge in [0, 0.05) is 23.0 Å². The van der Waals surface area contributed by atoms with Gasteiger partial charge in [0.1, 0.15) is 0 Å². The minimum Gasteiger partial charge on any atom is -0.369 e. The molecule has 4 aliphatic carbocycles. The first-order chi connectivity index (χ1) is 12.8. The quantitative estimate of drug-likeness (QED) is 0.835. The molecule has 1 aromatic carbocycles. The molecule has 5 fully saturated rings. The van der Waals surface area contributed by atoms with Crippen molar-refractivity contribution >= 4 is 23.5 Å². The van der Waals surface area contributed by atoms with Crippen LogP contribution in [0.25, 0.3) is 0 Å². The van der Waals surface area contributed by atoms with Crippen molar-refractivity contribution in [2.75, 3.05) is 6.54 Å². The maximum absolute atomic E-state index is 13.0.